The van der Waals surface area contributed by atoms with Crippen molar-refractivity contribution in [3.63, 3.8) is 0 Å². The number of para-hydroxylation sites is 1. The van der Waals surface area contributed by atoms with Gasteiger partial charge in [0, 0.05) is 12.3 Å². The van der Waals surface area contributed by atoms with Crippen LogP contribution in [0.15, 0.2) is 48.5 Å². The van der Waals surface area contributed by atoms with Crippen molar-refractivity contribution in [3.05, 3.63) is 59.7 Å². The maximum Gasteiger partial charge on any atom is 0.348 e. The van der Waals surface area contributed by atoms with Gasteiger partial charge in [0.2, 0.25) is 12.5 Å². The Morgan fingerprint density at radius 3 is 2.23 bits per heavy atom. The molecule has 0 bridgehead atoms. The van der Waals surface area contributed by atoms with Gasteiger partial charge in [-0.3, -0.25) is 14.4 Å². The van der Waals surface area contributed by atoms with Crippen molar-refractivity contribution < 1.29 is 57.9 Å². The summed E-state index contributed by atoms with van der Waals surface area (Å²) in [6.07, 6.45) is -6.88. The van der Waals surface area contributed by atoms with E-state index >= 15 is 0 Å². The van der Waals surface area contributed by atoms with Crippen molar-refractivity contribution in [1.29, 1.82) is 0 Å². The molecule has 1 fully saturated rings. The minimum Gasteiger partial charge on any atom is -0.505 e. The number of benzene rings is 2. The number of rotatable bonds is 8. The van der Waals surface area contributed by atoms with Crippen LogP contribution in [0.2, 0.25) is 0 Å². The molecule has 0 saturated carbocycles. The highest BCUT2D eigenvalue weighted by molar-refractivity contribution is 6.01. The normalized spacial score (nSPS) is 25.9. The number of nitrogens with one attached hydrogen (secondary N) is 2. The predicted octanol–water partition coefficient (Wildman–Crippen LogP) is 2.44. The molecule has 2 aromatic carbocycles. The standard InChI is InChI=1S/C34H42N2O12/c1-7-18(2)27-32(43)45-19(3)25(36-29(40)22-14-11-15-23(26(22)38)35-17-37)31(42)46-20(4)30(41)47-24(16-21-12-9-8-10-13-21)28(39)34(5,6)33(44)48-27/h8-15,17-20,24-25,27-28,38-39H,7,16H2,1-6H3,(H,35,37)(H,36,40)/t18?,19-,20?,24?,25+,27?,28?/m1/s1. The maximum absolute atomic E-state index is 13.6. The van der Waals surface area contributed by atoms with E-state index in [0.717, 1.165) is 0 Å². The van der Waals surface area contributed by atoms with E-state index in [9.17, 15) is 39.0 Å². The quantitative estimate of drug-likeness (QED) is 0.138. The fourth-order valence-corrected chi connectivity index (χ4v) is 4.88. The van der Waals surface area contributed by atoms with E-state index in [2.05, 4.69) is 10.6 Å². The highest BCUT2D eigenvalue weighted by Crippen LogP contribution is 2.31. The molecule has 7 atom stereocenters. The summed E-state index contributed by atoms with van der Waals surface area (Å²) >= 11 is 0. The topological polar surface area (TPSA) is 204 Å². The Kier molecular flexibility index (Phi) is 12.7. The Labute approximate surface area is 278 Å². The average Bonchev–Trinajstić information content (AvgIpc) is 3.05. The number of hydrogen-bond acceptors (Lipinski definition) is 12. The first kappa shape index (κ1) is 37.5. The molecule has 2 amide bonds. The highest BCUT2D eigenvalue weighted by Gasteiger charge is 2.47. The van der Waals surface area contributed by atoms with Crippen LogP contribution in [0.1, 0.15) is 63.9 Å². The van der Waals surface area contributed by atoms with Crippen molar-refractivity contribution in [3.8, 4) is 5.75 Å². The molecule has 0 radical (unpaired) electrons. The van der Waals surface area contributed by atoms with Crippen LogP contribution in [-0.4, -0.2) is 83.0 Å². The monoisotopic (exact) mass is 670 g/mol. The third kappa shape index (κ3) is 8.88. The number of phenolic OH excluding ortho intramolecular Hbond substituents is 1. The second-order valence-electron chi connectivity index (χ2n) is 12.2. The fraction of sp³-hybridized carbons (Fsp3) is 0.471. The summed E-state index contributed by atoms with van der Waals surface area (Å²) in [7, 11) is 0. The van der Waals surface area contributed by atoms with Crippen molar-refractivity contribution in [2.75, 3.05) is 5.32 Å². The van der Waals surface area contributed by atoms with Crippen LogP contribution in [0.25, 0.3) is 0 Å². The average molecular weight is 671 g/mol. The fourth-order valence-electron chi connectivity index (χ4n) is 4.88. The number of ether oxygens (including phenoxy) is 4. The lowest BCUT2D eigenvalue weighted by molar-refractivity contribution is -0.190. The van der Waals surface area contributed by atoms with Crippen LogP contribution in [0.3, 0.4) is 0 Å². The molecule has 1 heterocycles. The molecule has 14 heteroatoms. The first-order valence-corrected chi connectivity index (χ1v) is 15.5. The van der Waals surface area contributed by atoms with Crippen molar-refractivity contribution in [2.45, 2.75) is 90.9 Å². The van der Waals surface area contributed by atoms with Gasteiger partial charge in [-0.1, -0.05) is 50.2 Å². The molecule has 2 aromatic rings. The van der Waals surface area contributed by atoms with Gasteiger partial charge < -0.3 is 39.8 Å². The van der Waals surface area contributed by atoms with Gasteiger partial charge in [-0.15, -0.1) is 0 Å². The number of amides is 2. The van der Waals surface area contributed by atoms with Gasteiger partial charge in [0.05, 0.1) is 16.7 Å². The second kappa shape index (κ2) is 16.2. The molecule has 0 aromatic heterocycles. The molecule has 48 heavy (non-hydrogen) atoms. The van der Waals surface area contributed by atoms with Crippen molar-refractivity contribution in [2.24, 2.45) is 11.3 Å². The summed E-state index contributed by atoms with van der Waals surface area (Å²) in [6.45, 7) is 8.64. The smallest absolute Gasteiger partial charge is 0.348 e. The lowest BCUT2D eigenvalue weighted by Crippen LogP contribution is -2.52. The third-order valence-electron chi connectivity index (χ3n) is 8.22. The summed E-state index contributed by atoms with van der Waals surface area (Å²) < 4.78 is 22.2. The van der Waals surface area contributed by atoms with Crippen LogP contribution in [0, 0.1) is 11.3 Å². The molecule has 5 unspecified atom stereocenters. The molecule has 4 N–H and O–H groups in total. The number of carbonyl (C=O) groups is 6. The first-order valence-electron chi connectivity index (χ1n) is 15.5. The Hall–Kier alpha value is -4.98. The molecular weight excluding hydrogens is 628 g/mol. The summed E-state index contributed by atoms with van der Waals surface area (Å²) in [5.74, 6) is -6.50. The van der Waals surface area contributed by atoms with Gasteiger partial charge in [-0.05, 0) is 51.8 Å². The predicted molar refractivity (Wildman–Crippen MR) is 169 cm³/mol. The molecule has 1 aliphatic rings. The Balaban J connectivity index is 2.05. The minimum absolute atomic E-state index is 0.0286. The van der Waals surface area contributed by atoms with E-state index in [-0.39, 0.29) is 17.7 Å². The minimum atomic E-state index is -1.75. The Bertz CT molecular complexity index is 1490. The zero-order chi connectivity index (χ0) is 35.8. The molecule has 1 saturated heterocycles. The second-order valence-corrected chi connectivity index (χ2v) is 12.2. The lowest BCUT2D eigenvalue weighted by Gasteiger charge is -2.35. The van der Waals surface area contributed by atoms with Gasteiger partial charge in [0.15, 0.2) is 17.9 Å². The largest absolute Gasteiger partial charge is 0.505 e. The summed E-state index contributed by atoms with van der Waals surface area (Å²) in [5.41, 5.74) is -1.48. The van der Waals surface area contributed by atoms with Gasteiger partial charge in [-0.2, -0.15) is 0 Å². The van der Waals surface area contributed by atoms with E-state index in [0.29, 0.717) is 18.4 Å². The van der Waals surface area contributed by atoms with Crippen LogP contribution in [0.4, 0.5) is 5.69 Å². The van der Waals surface area contributed by atoms with Crippen LogP contribution >= 0.6 is 0 Å². The van der Waals surface area contributed by atoms with E-state index < -0.39 is 83.4 Å². The maximum atomic E-state index is 13.6. The molecular formula is C34H42N2O12. The lowest BCUT2D eigenvalue weighted by atomic mass is 9.81. The zero-order valence-corrected chi connectivity index (χ0v) is 27.6. The van der Waals surface area contributed by atoms with Crippen molar-refractivity contribution in [1.82, 2.24) is 5.32 Å². The van der Waals surface area contributed by atoms with Gasteiger partial charge in [0.25, 0.3) is 5.91 Å². The number of carbonyl (C=O) groups excluding carboxylic acids is 6. The molecule has 260 valence electrons. The number of hydrogen-bond donors (Lipinski definition) is 4. The first-order chi connectivity index (χ1) is 22.6. The molecule has 1 aliphatic heterocycles. The van der Waals surface area contributed by atoms with Crippen LogP contribution < -0.4 is 10.6 Å². The zero-order valence-electron chi connectivity index (χ0n) is 27.6. The Morgan fingerprint density at radius 2 is 1.60 bits per heavy atom. The van der Waals surface area contributed by atoms with E-state index in [1.54, 1.807) is 44.2 Å². The number of esters is 4. The number of phenols is 1. The van der Waals surface area contributed by atoms with Crippen LogP contribution in [0.5, 0.6) is 5.75 Å². The van der Waals surface area contributed by atoms with Gasteiger partial charge >= 0.3 is 23.9 Å². The third-order valence-corrected chi connectivity index (χ3v) is 8.22. The van der Waals surface area contributed by atoms with E-state index in [1.807, 2.05) is 0 Å². The molecule has 0 aliphatic carbocycles. The molecule has 0 spiro atoms. The van der Waals surface area contributed by atoms with E-state index in [4.69, 9.17) is 18.9 Å². The van der Waals surface area contributed by atoms with Crippen LogP contribution in [-0.2, 0) is 49.3 Å². The number of aliphatic hydroxyl groups is 1. The van der Waals surface area contributed by atoms with Gasteiger partial charge in [0.1, 0.15) is 18.3 Å². The summed E-state index contributed by atoms with van der Waals surface area (Å²) in [5, 5.41) is 26.6. The van der Waals surface area contributed by atoms with Gasteiger partial charge in [-0.25, -0.2) is 14.4 Å². The molecule has 3 rings (SSSR count). The number of aliphatic hydroxyl groups excluding tert-OH is 1. The number of aromatic hydroxyl groups is 1. The highest BCUT2D eigenvalue weighted by atomic mass is 16.6. The Morgan fingerprint density at radius 1 is 0.938 bits per heavy atom. The number of anilines is 1. The molecule has 14 nitrogen and oxygen atoms in total. The van der Waals surface area contributed by atoms with E-state index in [1.165, 1.54) is 45.9 Å². The van der Waals surface area contributed by atoms with Crippen molar-refractivity contribution >= 4 is 41.9 Å². The summed E-state index contributed by atoms with van der Waals surface area (Å²) in [6, 6.07) is 10.9. The number of cyclic esters (lactones) is 4. The SMILES string of the molecule is CCC(C)C1OC(=O)C(C)(C)C(O)C(Cc2ccccc2)OC(=O)C(C)OC(=O)[C@@H](NC(=O)c2cccc(NC=O)c2O)[C@@H](C)OC1=O. The summed E-state index contributed by atoms with van der Waals surface area (Å²) in [4.78, 5) is 78.1.